The van der Waals surface area contributed by atoms with Crippen LogP contribution in [0.1, 0.15) is 36.8 Å². The minimum atomic E-state index is -4.45. The maximum Gasteiger partial charge on any atom is 0.446 e. The molecule has 1 aliphatic heterocycles. The van der Waals surface area contributed by atoms with E-state index in [1.54, 1.807) is 12.3 Å². The second kappa shape index (κ2) is 17.8. The zero-order chi connectivity index (χ0) is 39.2. The predicted octanol–water partition coefficient (Wildman–Crippen LogP) is 5.57. The summed E-state index contributed by atoms with van der Waals surface area (Å²) in [5, 5.41) is 3.78. The van der Waals surface area contributed by atoms with E-state index in [1.807, 2.05) is 24.3 Å². The highest BCUT2D eigenvalue weighted by Crippen LogP contribution is 2.37. The van der Waals surface area contributed by atoms with Crippen LogP contribution >= 0.6 is 11.8 Å². The molecule has 55 heavy (non-hydrogen) atoms. The molecule has 0 aliphatic carbocycles. The number of sulfonamides is 1. The molecule has 0 bridgehead atoms. The number of piperidine rings is 1. The molecule has 3 aromatic carbocycles. The number of rotatable bonds is 16. The zero-order valence-corrected chi connectivity index (χ0v) is 31.7. The lowest BCUT2D eigenvalue weighted by atomic mass is 10.1. The summed E-state index contributed by atoms with van der Waals surface area (Å²) in [4.78, 5) is 22.1. The number of hydrogen-bond donors (Lipinski definition) is 4. The molecule has 1 aliphatic rings. The van der Waals surface area contributed by atoms with Gasteiger partial charge in [-0.05, 0) is 130 Å². The fourth-order valence-corrected chi connectivity index (χ4v) is 9.00. The Balaban J connectivity index is 1.22. The number of fused-ring (bicyclic) bond motifs is 1. The van der Waals surface area contributed by atoms with Crippen molar-refractivity contribution in [3.63, 3.8) is 0 Å². The standard InChI is InChI=1S/C38H44F4N8O3S2/c39-33-21-28(7-12-35(33)55(52,53)50(31-13-17-45-18-14-31)24-27-5-10-32(11-6-27)54-38(40,41)42)34-22-29-25-49(37(51)47-36(29)46-34)30-8-3-26(4-9-30)23-48(19-1-15-43)20-2-16-44/h3-12,21-22,25,31,45H,1-2,13-20,23-24,43-44H2,(H,46,47,51). The van der Waals surface area contributed by atoms with E-state index in [2.05, 4.69) is 20.2 Å². The third-order valence-corrected chi connectivity index (χ3v) is 12.2. The Morgan fingerprint density at radius 2 is 1.53 bits per heavy atom. The van der Waals surface area contributed by atoms with Crippen molar-refractivity contribution in [2.24, 2.45) is 11.5 Å². The number of H-pyrrole nitrogens is 1. The van der Waals surface area contributed by atoms with Crippen LogP contribution < -0.4 is 22.5 Å². The van der Waals surface area contributed by atoms with Crippen molar-refractivity contribution in [3.8, 4) is 16.9 Å². The lowest BCUT2D eigenvalue weighted by Gasteiger charge is -2.34. The van der Waals surface area contributed by atoms with Crippen LogP contribution in [0.4, 0.5) is 17.6 Å². The molecule has 6 N–H and O–H groups in total. The molecular formula is C38H44F4N8O3S2. The Bertz CT molecular complexity index is 2220. The van der Waals surface area contributed by atoms with Crippen molar-refractivity contribution in [2.45, 2.75) is 60.1 Å². The maximum atomic E-state index is 15.9. The van der Waals surface area contributed by atoms with Gasteiger partial charge in [0.1, 0.15) is 16.4 Å². The van der Waals surface area contributed by atoms with Gasteiger partial charge in [-0.3, -0.25) is 9.47 Å². The van der Waals surface area contributed by atoms with Gasteiger partial charge in [0, 0.05) is 46.9 Å². The second-order valence-corrected chi connectivity index (χ2v) is 16.5. The number of alkyl halides is 3. The summed E-state index contributed by atoms with van der Waals surface area (Å²) in [5.41, 5.74) is 9.70. The van der Waals surface area contributed by atoms with Crippen LogP contribution in [0.3, 0.4) is 0 Å². The monoisotopic (exact) mass is 800 g/mol. The summed E-state index contributed by atoms with van der Waals surface area (Å²) in [5.74, 6) is -0.968. The topological polar surface area (TPSA) is 155 Å². The summed E-state index contributed by atoms with van der Waals surface area (Å²) in [6.45, 7) is 4.65. The molecular weight excluding hydrogens is 757 g/mol. The summed E-state index contributed by atoms with van der Waals surface area (Å²) in [7, 11) is -4.39. The van der Waals surface area contributed by atoms with Gasteiger partial charge in [0.25, 0.3) is 0 Å². The molecule has 2 aromatic heterocycles. The van der Waals surface area contributed by atoms with Crippen molar-refractivity contribution in [3.05, 3.63) is 106 Å². The average Bonchev–Trinajstić information content (AvgIpc) is 3.58. The van der Waals surface area contributed by atoms with Crippen molar-refractivity contribution >= 4 is 32.8 Å². The number of nitrogens with two attached hydrogens (primary N) is 2. The number of thioether (sulfide) groups is 1. The molecule has 11 nitrogen and oxygen atoms in total. The van der Waals surface area contributed by atoms with Gasteiger partial charge in [0.2, 0.25) is 10.0 Å². The third-order valence-electron chi connectivity index (χ3n) is 9.53. The first-order valence-electron chi connectivity index (χ1n) is 18.1. The van der Waals surface area contributed by atoms with E-state index in [1.165, 1.54) is 45.3 Å². The van der Waals surface area contributed by atoms with E-state index in [-0.39, 0.29) is 28.8 Å². The molecule has 5 aromatic rings. The van der Waals surface area contributed by atoms with Crippen LogP contribution in [0, 0.1) is 5.82 Å². The summed E-state index contributed by atoms with van der Waals surface area (Å²) in [6, 6.07) is 18.2. The fourth-order valence-electron chi connectivity index (χ4n) is 6.74. The van der Waals surface area contributed by atoms with Crippen LogP contribution in [-0.2, 0) is 23.1 Å². The molecule has 0 atom stereocenters. The van der Waals surface area contributed by atoms with Gasteiger partial charge < -0.3 is 21.8 Å². The first-order valence-corrected chi connectivity index (χ1v) is 20.3. The van der Waals surface area contributed by atoms with E-state index in [9.17, 15) is 26.4 Å². The number of hydrogen-bond acceptors (Lipinski definition) is 9. The van der Waals surface area contributed by atoms with Crippen molar-refractivity contribution in [1.29, 1.82) is 0 Å². The number of nitrogens with zero attached hydrogens (tertiary/aromatic N) is 4. The highest BCUT2D eigenvalue weighted by molar-refractivity contribution is 8.00. The molecule has 0 unspecified atom stereocenters. The molecule has 0 saturated carbocycles. The Morgan fingerprint density at radius 1 is 0.891 bits per heavy atom. The second-order valence-electron chi connectivity index (χ2n) is 13.5. The Labute approximate surface area is 321 Å². The van der Waals surface area contributed by atoms with E-state index in [4.69, 9.17) is 11.5 Å². The smallest absolute Gasteiger partial charge is 0.339 e. The highest BCUT2D eigenvalue weighted by atomic mass is 32.2. The Kier molecular flexibility index (Phi) is 13.1. The summed E-state index contributed by atoms with van der Waals surface area (Å²) in [6.07, 6.45) is 4.38. The largest absolute Gasteiger partial charge is 0.446 e. The van der Waals surface area contributed by atoms with E-state index >= 15 is 4.39 Å². The van der Waals surface area contributed by atoms with Crippen molar-refractivity contribution in [2.75, 3.05) is 39.3 Å². The molecule has 0 radical (unpaired) electrons. The quantitative estimate of drug-likeness (QED) is 0.0741. The molecule has 1 saturated heterocycles. The van der Waals surface area contributed by atoms with Crippen LogP contribution in [0.25, 0.3) is 28.0 Å². The molecule has 1 fully saturated rings. The zero-order valence-electron chi connectivity index (χ0n) is 30.1. The molecule has 294 valence electrons. The normalized spacial score (nSPS) is 14.4. The Morgan fingerprint density at radius 3 is 2.15 bits per heavy atom. The van der Waals surface area contributed by atoms with Gasteiger partial charge in [-0.25, -0.2) is 17.6 Å². The van der Waals surface area contributed by atoms with E-state index in [0.717, 1.165) is 44.1 Å². The van der Waals surface area contributed by atoms with Crippen LogP contribution in [0.2, 0.25) is 0 Å². The van der Waals surface area contributed by atoms with Crippen LogP contribution in [-0.4, -0.2) is 83.0 Å². The molecule has 0 amide bonds. The van der Waals surface area contributed by atoms with Gasteiger partial charge in [0.05, 0.1) is 5.69 Å². The molecule has 0 spiro atoms. The Hall–Kier alpha value is -4.10. The fraction of sp³-hybridized carbons (Fsp3) is 0.368. The lowest BCUT2D eigenvalue weighted by Crippen LogP contribution is -2.45. The van der Waals surface area contributed by atoms with Crippen LogP contribution in [0.5, 0.6) is 0 Å². The molecule has 6 rings (SSSR count). The van der Waals surface area contributed by atoms with E-state index in [0.29, 0.717) is 66.9 Å². The highest BCUT2D eigenvalue weighted by Gasteiger charge is 2.35. The first kappa shape index (κ1) is 40.6. The molecule has 3 heterocycles. The predicted molar refractivity (Wildman–Crippen MR) is 207 cm³/mol. The van der Waals surface area contributed by atoms with Crippen LogP contribution in [0.15, 0.2) is 93.6 Å². The van der Waals surface area contributed by atoms with Gasteiger partial charge in [-0.1, -0.05) is 30.3 Å². The summed E-state index contributed by atoms with van der Waals surface area (Å²) < 4.78 is 85.4. The molecule has 17 heteroatoms. The van der Waals surface area contributed by atoms with Gasteiger partial charge in [-0.15, -0.1) is 0 Å². The van der Waals surface area contributed by atoms with Gasteiger partial charge >= 0.3 is 11.2 Å². The number of halogens is 4. The number of nitrogens with one attached hydrogen (secondary N) is 2. The summed E-state index contributed by atoms with van der Waals surface area (Å²) >= 11 is -0.253. The van der Waals surface area contributed by atoms with E-state index < -0.39 is 38.0 Å². The minimum Gasteiger partial charge on any atom is -0.339 e. The minimum absolute atomic E-state index is 0.0207. The third kappa shape index (κ3) is 10.2. The number of benzene rings is 3. The van der Waals surface area contributed by atoms with Crippen molar-refractivity contribution in [1.82, 2.24) is 29.1 Å². The number of aromatic nitrogens is 3. The average molecular weight is 801 g/mol. The SMILES string of the molecule is NCCCN(CCCN)Cc1ccc(-n2cc3cc(-c4ccc(S(=O)(=O)N(Cc5ccc(SC(F)(F)F)cc5)C5CCNCC5)c(F)c4)[nH]c3nc2=O)cc1. The first-order chi connectivity index (χ1) is 26.3. The maximum absolute atomic E-state index is 15.9. The lowest BCUT2D eigenvalue weighted by molar-refractivity contribution is -0.0328. The van der Waals surface area contributed by atoms with Gasteiger partial charge in [0.15, 0.2) is 0 Å². The van der Waals surface area contributed by atoms with Crippen molar-refractivity contribution < 1.29 is 26.0 Å². The number of aromatic amines is 1. The van der Waals surface area contributed by atoms with Gasteiger partial charge in [-0.2, -0.15) is 22.5 Å².